The van der Waals surface area contributed by atoms with Gasteiger partial charge in [0.05, 0.1) is 38.8 Å². The Hall–Kier alpha value is -3.30. The van der Waals surface area contributed by atoms with Crippen molar-refractivity contribution in [2.45, 2.75) is 6.54 Å². The zero-order valence-corrected chi connectivity index (χ0v) is 18.2. The number of hydrogen-bond donors (Lipinski definition) is 1. The summed E-state index contributed by atoms with van der Waals surface area (Å²) in [6.07, 6.45) is 2.78. The molecular weight excluding hydrogens is 435 g/mol. The summed E-state index contributed by atoms with van der Waals surface area (Å²) in [5, 5.41) is 3.86. The van der Waals surface area contributed by atoms with Crippen LogP contribution in [0, 0.1) is 5.82 Å². The van der Waals surface area contributed by atoms with Gasteiger partial charge in [-0.05, 0) is 30.3 Å². The van der Waals surface area contributed by atoms with E-state index in [4.69, 9.17) is 21.1 Å². The number of ether oxygens (including phenoxy) is 2. The first kappa shape index (κ1) is 21.9. The Balaban J connectivity index is 1.44. The van der Waals surface area contributed by atoms with Gasteiger partial charge in [0.1, 0.15) is 5.69 Å². The standard InChI is InChI=1S/C22H22ClFN6O2/c1-31-22-19(27-16-4-2-3-15(23)11-16)6-5-17(28-22)12-25-14-20-26-13-18(24)21(29-20)30-7-9-32-10-8-30/h2-6,11-13,27H,7-10,14H2,1H3. The maximum absolute atomic E-state index is 14.2. The Morgan fingerprint density at radius 2 is 2.09 bits per heavy atom. The van der Waals surface area contributed by atoms with Crippen LogP contribution >= 0.6 is 11.6 Å². The number of aliphatic imine (C=N–C) groups is 1. The summed E-state index contributed by atoms with van der Waals surface area (Å²) in [6.45, 7) is 2.48. The number of halogens is 2. The first-order valence-corrected chi connectivity index (χ1v) is 10.4. The average Bonchev–Trinajstić information content (AvgIpc) is 2.81. The number of anilines is 3. The van der Waals surface area contributed by atoms with E-state index in [0.29, 0.717) is 54.4 Å². The number of hydrogen-bond acceptors (Lipinski definition) is 8. The molecule has 4 rings (SSSR count). The lowest BCUT2D eigenvalue weighted by molar-refractivity contribution is 0.122. The van der Waals surface area contributed by atoms with Gasteiger partial charge in [-0.2, -0.15) is 0 Å². The van der Waals surface area contributed by atoms with Gasteiger partial charge in [0, 0.05) is 30.0 Å². The zero-order chi connectivity index (χ0) is 22.3. The van der Waals surface area contributed by atoms with Gasteiger partial charge in [0.2, 0.25) is 5.88 Å². The van der Waals surface area contributed by atoms with E-state index in [1.54, 1.807) is 19.4 Å². The van der Waals surface area contributed by atoms with Crippen molar-refractivity contribution in [1.82, 2.24) is 15.0 Å². The number of nitrogens with zero attached hydrogens (tertiary/aromatic N) is 5. The third-order valence-electron chi connectivity index (χ3n) is 4.72. The molecule has 10 heteroatoms. The molecule has 0 radical (unpaired) electrons. The predicted octanol–water partition coefficient (Wildman–Crippen LogP) is 3.87. The molecule has 0 aliphatic carbocycles. The van der Waals surface area contributed by atoms with Gasteiger partial charge in [0.15, 0.2) is 17.5 Å². The van der Waals surface area contributed by atoms with Crippen molar-refractivity contribution in [3.63, 3.8) is 0 Å². The fraction of sp³-hybridized carbons (Fsp3) is 0.273. The number of methoxy groups -OCH3 is 1. The molecule has 1 aliphatic rings. The number of nitrogens with one attached hydrogen (secondary N) is 1. The highest BCUT2D eigenvalue weighted by molar-refractivity contribution is 6.30. The molecule has 0 spiro atoms. The smallest absolute Gasteiger partial charge is 0.238 e. The first-order valence-electron chi connectivity index (χ1n) is 10.0. The minimum absolute atomic E-state index is 0.199. The Kier molecular flexibility index (Phi) is 7.08. The van der Waals surface area contributed by atoms with Gasteiger partial charge in [-0.25, -0.2) is 19.3 Å². The molecule has 3 heterocycles. The summed E-state index contributed by atoms with van der Waals surface area (Å²) in [5.41, 5.74) is 2.13. The molecule has 0 atom stereocenters. The zero-order valence-electron chi connectivity index (χ0n) is 17.5. The van der Waals surface area contributed by atoms with Crippen molar-refractivity contribution in [3.8, 4) is 5.88 Å². The molecule has 3 aromatic rings. The van der Waals surface area contributed by atoms with Crippen molar-refractivity contribution < 1.29 is 13.9 Å². The molecule has 0 bridgehead atoms. The highest BCUT2D eigenvalue weighted by Gasteiger charge is 2.17. The third kappa shape index (κ3) is 5.49. The fourth-order valence-electron chi connectivity index (χ4n) is 3.19. The van der Waals surface area contributed by atoms with Gasteiger partial charge in [-0.1, -0.05) is 17.7 Å². The van der Waals surface area contributed by atoms with Crippen molar-refractivity contribution in [2.75, 3.05) is 43.6 Å². The maximum atomic E-state index is 14.2. The van der Waals surface area contributed by atoms with Crippen LogP contribution in [-0.2, 0) is 11.3 Å². The highest BCUT2D eigenvalue weighted by Crippen LogP contribution is 2.27. The Morgan fingerprint density at radius 1 is 1.25 bits per heavy atom. The lowest BCUT2D eigenvalue weighted by Gasteiger charge is -2.28. The normalized spacial score (nSPS) is 14.0. The lowest BCUT2D eigenvalue weighted by atomic mass is 10.3. The molecule has 1 aromatic carbocycles. The number of pyridine rings is 1. The minimum Gasteiger partial charge on any atom is -0.480 e. The molecular formula is C22H22ClFN6O2. The average molecular weight is 457 g/mol. The number of aromatic nitrogens is 3. The molecule has 0 amide bonds. The second kappa shape index (κ2) is 10.3. The monoisotopic (exact) mass is 456 g/mol. The SMILES string of the molecule is COc1nc(C=NCc2ncc(F)c(N3CCOCC3)n2)ccc1Nc1cccc(Cl)c1. The van der Waals surface area contributed by atoms with E-state index in [-0.39, 0.29) is 12.4 Å². The molecule has 1 saturated heterocycles. The van der Waals surface area contributed by atoms with E-state index in [1.807, 2.05) is 35.2 Å². The predicted molar refractivity (Wildman–Crippen MR) is 122 cm³/mol. The van der Waals surface area contributed by atoms with Gasteiger partial charge < -0.3 is 19.7 Å². The van der Waals surface area contributed by atoms with E-state index < -0.39 is 5.82 Å². The van der Waals surface area contributed by atoms with Gasteiger partial charge in [0.25, 0.3) is 0 Å². The molecule has 1 N–H and O–H groups in total. The molecule has 166 valence electrons. The van der Waals surface area contributed by atoms with E-state index in [2.05, 4.69) is 25.3 Å². The van der Waals surface area contributed by atoms with Crippen LogP contribution in [0.5, 0.6) is 5.88 Å². The molecule has 8 nitrogen and oxygen atoms in total. The summed E-state index contributed by atoms with van der Waals surface area (Å²) in [6, 6.07) is 11.0. The largest absolute Gasteiger partial charge is 0.480 e. The van der Waals surface area contributed by atoms with Crippen LogP contribution in [0.4, 0.5) is 21.6 Å². The molecule has 2 aromatic heterocycles. The van der Waals surface area contributed by atoms with Gasteiger partial charge in [-0.15, -0.1) is 0 Å². The van der Waals surface area contributed by atoms with Crippen LogP contribution in [0.15, 0.2) is 47.6 Å². The van der Waals surface area contributed by atoms with Crippen LogP contribution in [0.1, 0.15) is 11.5 Å². The third-order valence-corrected chi connectivity index (χ3v) is 4.96. The van der Waals surface area contributed by atoms with E-state index in [0.717, 1.165) is 5.69 Å². The summed E-state index contributed by atoms with van der Waals surface area (Å²) in [7, 11) is 1.55. The van der Waals surface area contributed by atoms with Crippen molar-refractivity contribution in [3.05, 3.63) is 65.0 Å². The molecule has 1 aliphatic heterocycles. The van der Waals surface area contributed by atoms with Crippen LogP contribution < -0.4 is 15.0 Å². The molecule has 32 heavy (non-hydrogen) atoms. The van der Waals surface area contributed by atoms with Crippen molar-refractivity contribution in [1.29, 1.82) is 0 Å². The van der Waals surface area contributed by atoms with Gasteiger partial charge >= 0.3 is 0 Å². The second-order valence-corrected chi connectivity index (χ2v) is 7.39. The second-order valence-electron chi connectivity index (χ2n) is 6.96. The van der Waals surface area contributed by atoms with Crippen LogP contribution in [0.2, 0.25) is 5.02 Å². The van der Waals surface area contributed by atoms with E-state index >= 15 is 0 Å². The van der Waals surface area contributed by atoms with E-state index in [1.165, 1.54) is 6.20 Å². The summed E-state index contributed by atoms with van der Waals surface area (Å²) in [5.74, 6) is 0.676. The topological polar surface area (TPSA) is 84.8 Å². The number of rotatable bonds is 7. The van der Waals surface area contributed by atoms with Crippen molar-refractivity contribution in [2.24, 2.45) is 4.99 Å². The highest BCUT2D eigenvalue weighted by atomic mass is 35.5. The molecule has 1 fully saturated rings. The van der Waals surface area contributed by atoms with Crippen LogP contribution in [0.25, 0.3) is 0 Å². The molecule has 0 saturated carbocycles. The summed E-state index contributed by atoms with van der Waals surface area (Å²) < 4.78 is 24.9. The Morgan fingerprint density at radius 3 is 2.88 bits per heavy atom. The minimum atomic E-state index is -0.450. The van der Waals surface area contributed by atoms with Crippen LogP contribution in [0.3, 0.4) is 0 Å². The molecule has 0 unspecified atom stereocenters. The summed E-state index contributed by atoms with van der Waals surface area (Å²) >= 11 is 6.04. The van der Waals surface area contributed by atoms with Crippen molar-refractivity contribution >= 4 is 35.0 Å². The quantitative estimate of drug-likeness (QED) is 0.540. The summed E-state index contributed by atoms with van der Waals surface area (Å²) in [4.78, 5) is 19.0. The van der Waals surface area contributed by atoms with E-state index in [9.17, 15) is 4.39 Å². The van der Waals surface area contributed by atoms with Gasteiger partial charge in [-0.3, -0.25) is 4.99 Å². The Labute approximate surface area is 190 Å². The number of morpholine rings is 1. The van der Waals surface area contributed by atoms with Crippen LogP contribution in [-0.4, -0.2) is 54.6 Å². The number of benzene rings is 1. The maximum Gasteiger partial charge on any atom is 0.238 e. The fourth-order valence-corrected chi connectivity index (χ4v) is 3.38. The Bertz CT molecular complexity index is 1110. The lowest BCUT2D eigenvalue weighted by Crippen LogP contribution is -2.37. The first-order chi connectivity index (χ1) is 15.6.